The number of hydrogen-bond donors (Lipinski definition) is 1. The normalized spacial score (nSPS) is 21.8. The summed E-state index contributed by atoms with van der Waals surface area (Å²) in [5.41, 5.74) is -0.156. The molecule has 0 spiro atoms. The molecule has 0 bridgehead atoms. The molecule has 1 aromatic rings. The van der Waals surface area contributed by atoms with Crippen molar-refractivity contribution in [3.8, 4) is 5.88 Å². The van der Waals surface area contributed by atoms with Crippen LogP contribution < -0.4 is 4.74 Å². The summed E-state index contributed by atoms with van der Waals surface area (Å²) in [6.45, 7) is 4.30. The maximum Gasteiger partial charge on any atom is 0.356 e. The molecular formula is C11H14N2O5. The van der Waals surface area contributed by atoms with E-state index in [2.05, 4.69) is 9.97 Å². The fourth-order valence-electron chi connectivity index (χ4n) is 1.54. The third-order valence-corrected chi connectivity index (χ3v) is 2.32. The van der Waals surface area contributed by atoms with Gasteiger partial charge in [0.25, 0.3) is 0 Å². The predicted molar refractivity (Wildman–Crippen MR) is 59.4 cm³/mol. The van der Waals surface area contributed by atoms with Crippen LogP contribution in [0.1, 0.15) is 24.3 Å². The third kappa shape index (κ3) is 3.14. The van der Waals surface area contributed by atoms with Crippen LogP contribution in [0, 0.1) is 0 Å². The molecule has 2 rings (SSSR count). The Labute approximate surface area is 104 Å². The number of carbonyl (C=O) groups is 1. The number of carboxylic acids is 1. The van der Waals surface area contributed by atoms with E-state index in [-0.39, 0.29) is 24.3 Å². The fraction of sp³-hybridized carbons (Fsp3) is 0.545. The maximum absolute atomic E-state index is 10.7. The first-order valence-electron chi connectivity index (χ1n) is 5.46. The third-order valence-electron chi connectivity index (χ3n) is 2.32. The Balaban J connectivity index is 1.91. The highest BCUT2D eigenvalue weighted by Crippen LogP contribution is 2.22. The molecule has 18 heavy (non-hydrogen) atoms. The number of aromatic nitrogens is 2. The molecule has 1 N–H and O–H groups in total. The molecule has 1 unspecified atom stereocenters. The van der Waals surface area contributed by atoms with Gasteiger partial charge in [0.2, 0.25) is 5.88 Å². The molecule has 0 radical (unpaired) electrons. The molecule has 0 aliphatic carbocycles. The van der Waals surface area contributed by atoms with Crippen molar-refractivity contribution in [3.63, 3.8) is 0 Å². The molecule has 1 aliphatic rings. The number of hydrogen-bond acceptors (Lipinski definition) is 6. The number of ether oxygens (including phenoxy) is 3. The number of aromatic carboxylic acids is 1. The van der Waals surface area contributed by atoms with Gasteiger partial charge in [-0.05, 0) is 13.8 Å². The summed E-state index contributed by atoms with van der Waals surface area (Å²) in [4.78, 5) is 18.2. The standard InChI is InChI=1S/C11H14N2O5/c1-11(2)17-6-7(18-11)5-16-9-4-12-3-8(13-9)10(14)15/h3-4,7H,5-6H2,1-2H3,(H,14,15). The van der Waals surface area contributed by atoms with Gasteiger partial charge in [-0.1, -0.05) is 0 Å². The molecule has 1 saturated heterocycles. The van der Waals surface area contributed by atoms with E-state index >= 15 is 0 Å². The van der Waals surface area contributed by atoms with Crippen molar-refractivity contribution in [1.29, 1.82) is 0 Å². The summed E-state index contributed by atoms with van der Waals surface area (Å²) in [5, 5.41) is 8.75. The molecule has 0 amide bonds. The SMILES string of the molecule is CC1(C)OCC(COc2cncc(C(=O)O)n2)O1. The van der Waals surface area contributed by atoms with Gasteiger partial charge in [-0.25, -0.2) is 9.78 Å². The fourth-order valence-corrected chi connectivity index (χ4v) is 1.54. The number of nitrogens with zero attached hydrogens (tertiary/aromatic N) is 2. The van der Waals surface area contributed by atoms with Gasteiger partial charge in [-0.3, -0.25) is 4.98 Å². The summed E-state index contributed by atoms with van der Waals surface area (Å²) < 4.78 is 16.2. The van der Waals surface area contributed by atoms with Gasteiger partial charge in [-0.15, -0.1) is 0 Å². The minimum atomic E-state index is -1.14. The lowest BCUT2D eigenvalue weighted by molar-refractivity contribution is -0.141. The quantitative estimate of drug-likeness (QED) is 0.845. The molecule has 0 saturated carbocycles. The lowest BCUT2D eigenvalue weighted by atomic mass is 10.4. The monoisotopic (exact) mass is 254 g/mol. The summed E-state index contributed by atoms with van der Waals surface area (Å²) in [5.74, 6) is -1.60. The van der Waals surface area contributed by atoms with Crippen LogP contribution in [-0.2, 0) is 9.47 Å². The van der Waals surface area contributed by atoms with E-state index < -0.39 is 11.8 Å². The highest BCUT2D eigenvalue weighted by Gasteiger charge is 2.33. The van der Waals surface area contributed by atoms with Crippen molar-refractivity contribution in [3.05, 3.63) is 18.1 Å². The second-order valence-corrected chi connectivity index (χ2v) is 4.31. The minimum Gasteiger partial charge on any atom is -0.476 e. The van der Waals surface area contributed by atoms with Crippen LogP contribution in [0.15, 0.2) is 12.4 Å². The van der Waals surface area contributed by atoms with Crippen LogP contribution in [0.5, 0.6) is 5.88 Å². The molecule has 1 aromatic heterocycles. The van der Waals surface area contributed by atoms with Crippen molar-refractivity contribution in [1.82, 2.24) is 9.97 Å². The Morgan fingerprint density at radius 3 is 3.00 bits per heavy atom. The van der Waals surface area contributed by atoms with Gasteiger partial charge in [0.1, 0.15) is 12.7 Å². The number of carboxylic acid groups (broad SMARTS) is 1. The van der Waals surface area contributed by atoms with Gasteiger partial charge < -0.3 is 19.3 Å². The molecular weight excluding hydrogens is 240 g/mol. The van der Waals surface area contributed by atoms with Gasteiger partial charge in [0.15, 0.2) is 11.5 Å². The lowest BCUT2D eigenvalue weighted by Gasteiger charge is -2.17. The smallest absolute Gasteiger partial charge is 0.356 e. The first kappa shape index (κ1) is 12.7. The Morgan fingerprint density at radius 1 is 1.61 bits per heavy atom. The highest BCUT2D eigenvalue weighted by molar-refractivity contribution is 5.84. The number of rotatable bonds is 4. The van der Waals surface area contributed by atoms with Gasteiger partial charge >= 0.3 is 5.97 Å². The summed E-state index contributed by atoms with van der Waals surface area (Å²) in [7, 11) is 0. The summed E-state index contributed by atoms with van der Waals surface area (Å²) in [6.07, 6.45) is 2.32. The van der Waals surface area contributed by atoms with Gasteiger partial charge in [0, 0.05) is 0 Å². The van der Waals surface area contributed by atoms with Gasteiger partial charge in [-0.2, -0.15) is 0 Å². The van der Waals surface area contributed by atoms with Crippen molar-refractivity contribution < 1.29 is 24.1 Å². The Bertz CT molecular complexity index is 449. The van der Waals surface area contributed by atoms with Crippen LogP contribution in [0.3, 0.4) is 0 Å². The van der Waals surface area contributed by atoms with Crippen LogP contribution >= 0.6 is 0 Å². The first-order valence-corrected chi connectivity index (χ1v) is 5.46. The van der Waals surface area contributed by atoms with E-state index in [1.807, 2.05) is 13.8 Å². The second kappa shape index (κ2) is 4.87. The van der Waals surface area contributed by atoms with E-state index in [0.29, 0.717) is 6.61 Å². The van der Waals surface area contributed by atoms with Crippen molar-refractivity contribution in [2.45, 2.75) is 25.7 Å². The van der Waals surface area contributed by atoms with Crippen molar-refractivity contribution >= 4 is 5.97 Å². The highest BCUT2D eigenvalue weighted by atomic mass is 16.7. The van der Waals surface area contributed by atoms with E-state index in [1.54, 1.807) is 0 Å². The maximum atomic E-state index is 10.7. The molecule has 0 aromatic carbocycles. The first-order chi connectivity index (χ1) is 8.46. The van der Waals surface area contributed by atoms with Crippen LogP contribution in [0.25, 0.3) is 0 Å². The van der Waals surface area contributed by atoms with Crippen LogP contribution in [0.2, 0.25) is 0 Å². The van der Waals surface area contributed by atoms with E-state index in [4.69, 9.17) is 19.3 Å². The summed E-state index contributed by atoms with van der Waals surface area (Å²) >= 11 is 0. The molecule has 2 heterocycles. The lowest BCUT2D eigenvalue weighted by Crippen LogP contribution is -2.25. The van der Waals surface area contributed by atoms with Crippen molar-refractivity contribution in [2.24, 2.45) is 0 Å². The Hall–Kier alpha value is -1.73. The molecule has 98 valence electrons. The molecule has 1 atom stereocenters. The zero-order valence-electron chi connectivity index (χ0n) is 10.1. The Morgan fingerprint density at radius 2 is 2.39 bits per heavy atom. The van der Waals surface area contributed by atoms with E-state index in [0.717, 1.165) is 6.20 Å². The molecule has 1 fully saturated rings. The Kier molecular flexibility index (Phi) is 3.44. The van der Waals surface area contributed by atoms with Crippen LogP contribution in [-0.4, -0.2) is 46.1 Å². The van der Waals surface area contributed by atoms with Crippen molar-refractivity contribution in [2.75, 3.05) is 13.2 Å². The van der Waals surface area contributed by atoms with Gasteiger partial charge in [0.05, 0.1) is 19.0 Å². The molecule has 1 aliphatic heterocycles. The average Bonchev–Trinajstić information content (AvgIpc) is 2.67. The minimum absolute atomic E-state index is 0.156. The second-order valence-electron chi connectivity index (χ2n) is 4.31. The zero-order valence-corrected chi connectivity index (χ0v) is 10.1. The predicted octanol–water partition coefficient (Wildman–Crippen LogP) is 0.705. The molecule has 7 heteroatoms. The largest absolute Gasteiger partial charge is 0.476 e. The van der Waals surface area contributed by atoms with E-state index in [9.17, 15) is 4.79 Å². The van der Waals surface area contributed by atoms with E-state index in [1.165, 1.54) is 6.20 Å². The zero-order chi connectivity index (χ0) is 13.2. The van der Waals surface area contributed by atoms with Crippen LogP contribution in [0.4, 0.5) is 0 Å². The topological polar surface area (TPSA) is 90.8 Å². The average molecular weight is 254 g/mol. The summed E-state index contributed by atoms with van der Waals surface area (Å²) in [6, 6.07) is 0. The molecule has 7 nitrogen and oxygen atoms in total.